The molecule has 3 fully saturated rings. The first-order chi connectivity index (χ1) is 14.4. The molecule has 1 aliphatic carbocycles. The van der Waals surface area contributed by atoms with Crippen LogP contribution in [-0.2, 0) is 11.8 Å². The van der Waals surface area contributed by atoms with Crippen molar-refractivity contribution in [2.75, 3.05) is 26.2 Å². The number of hydrogen-bond donors (Lipinski definition) is 0. The molecule has 4 heterocycles. The Bertz CT molecular complexity index is 974. The Morgan fingerprint density at radius 3 is 2.77 bits per heavy atom. The standard InChI is InChI=1S/C22H30N6O2/c1-15(2)28-12-19(23-14-28)17-11-27(20(29)18-6-8-25(3)24-18)13-22(17)7-9-26(21(22)30)10-16-4-5-16/h6,8,12,14-17H,4-5,7,9-11,13H2,1-3H3/t17-,22+/m1/s1. The van der Waals surface area contributed by atoms with Gasteiger partial charge in [-0.15, -0.1) is 0 Å². The van der Waals surface area contributed by atoms with Crippen molar-refractivity contribution in [3.63, 3.8) is 0 Å². The molecule has 2 amide bonds. The SMILES string of the molecule is CC(C)n1cnc([C@H]2CN(C(=O)c3ccn(C)n3)C[C@@]23CCN(CC2CC2)C3=O)c1. The van der Waals surface area contributed by atoms with Crippen LogP contribution in [0.5, 0.6) is 0 Å². The molecule has 5 rings (SSSR count). The zero-order valence-electron chi connectivity index (χ0n) is 18.0. The minimum Gasteiger partial charge on any atom is -0.342 e. The van der Waals surface area contributed by atoms with Crippen LogP contribution < -0.4 is 0 Å². The number of carbonyl (C=O) groups is 2. The second kappa shape index (κ2) is 6.96. The lowest BCUT2D eigenvalue weighted by Gasteiger charge is -2.27. The molecule has 2 aromatic heterocycles. The zero-order valence-corrected chi connectivity index (χ0v) is 18.0. The summed E-state index contributed by atoms with van der Waals surface area (Å²) in [7, 11) is 1.81. The topological polar surface area (TPSA) is 76.3 Å². The van der Waals surface area contributed by atoms with E-state index in [0.29, 0.717) is 30.7 Å². The monoisotopic (exact) mass is 410 g/mol. The van der Waals surface area contributed by atoms with Gasteiger partial charge in [0, 0.05) is 57.6 Å². The molecule has 8 heteroatoms. The number of rotatable bonds is 5. The van der Waals surface area contributed by atoms with E-state index in [0.717, 1.165) is 25.2 Å². The van der Waals surface area contributed by atoms with Gasteiger partial charge in [-0.25, -0.2) is 4.98 Å². The minimum absolute atomic E-state index is 0.0816. The summed E-state index contributed by atoms with van der Waals surface area (Å²) in [5.74, 6) is 0.682. The average Bonchev–Trinajstić information content (AvgIpc) is 3.08. The van der Waals surface area contributed by atoms with E-state index in [-0.39, 0.29) is 17.7 Å². The average molecular weight is 411 g/mol. The van der Waals surface area contributed by atoms with Crippen molar-refractivity contribution < 1.29 is 9.59 Å². The highest BCUT2D eigenvalue weighted by molar-refractivity contribution is 5.94. The molecule has 2 atom stereocenters. The second-order valence-electron chi connectivity index (χ2n) is 9.55. The Morgan fingerprint density at radius 1 is 1.33 bits per heavy atom. The molecule has 0 N–H and O–H groups in total. The third-order valence-corrected chi connectivity index (χ3v) is 7.05. The van der Waals surface area contributed by atoms with Crippen molar-refractivity contribution in [3.8, 4) is 0 Å². The van der Waals surface area contributed by atoms with Gasteiger partial charge in [0.1, 0.15) is 5.69 Å². The number of aromatic nitrogens is 4. The third kappa shape index (κ3) is 3.13. The summed E-state index contributed by atoms with van der Waals surface area (Å²) in [5.41, 5.74) is 0.776. The lowest BCUT2D eigenvalue weighted by molar-refractivity contribution is -0.136. The Kier molecular flexibility index (Phi) is 4.48. The van der Waals surface area contributed by atoms with E-state index in [2.05, 4.69) is 34.7 Å². The molecule has 0 aromatic carbocycles. The van der Waals surface area contributed by atoms with Gasteiger partial charge in [0.25, 0.3) is 5.91 Å². The largest absolute Gasteiger partial charge is 0.342 e. The van der Waals surface area contributed by atoms with Gasteiger partial charge in [0.05, 0.1) is 17.4 Å². The number of hydrogen-bond acceptors (Lipinski definition) is 4. The Balaban J connectivity index is 1.47. The number of imidazole rings is 1. The maximum Gasteiger partial charge on any atom is 0.274 e. The van der Waals surface area contributed by atoms with Gasteiger partial charge in [-0.2, -0.15) is 5.10 Å². The van der Waals surface area contributed by atoms with E-state index < -0.39 is 5.41 Å². The highest BCUT2D eigenvalue weighted by Crippen LogP contribution is 2.50. The van der Waals surface area contributed by atoms with Crippen molar-refractivity contribution in [3.05, 3.63) is 36.2 Å². The number of likely N-dealkylation sites (tertiary alicyclic amines) is 2. The molecular formula is C22H30N6O2. The van der Waals surface area contributed by atoms with Gasteiger partial charge in [-0.3, -0.25) is 14.3 Å². The van der Waals surface area contributed by atoms with Crippen LogP contribution >= 0.6 is 0 Å². The van der Waals surface area contributed by atoms with E-state index in [9.17, 15) is 9.59 Å². The Morgan fingerprint density at radius 2 is 2.13 bits per heavy atom. The molecule has 2 aromatic rings. The molecule has 160 valence electrons. The first-order valence-corrected chi connectivity index (χ1v) is 11.0. The highest BCUT2D eigenvalue weighted by atomic mass is 16.2. The van der Waals surface area contributed by atoms with Crippen LogP contribution in [0.2, 0.25) is 0 Å². The molecule has 3 aliphatic rings. The van der Waals surface area contributed by atoms with Crippen molar-refractivity contribution in [2.24, 2.45) is 18.4 Å². The minimum atomic E-state index is -0.574. The van der Waals surface area contributed by atoms with Crippen molar-refractivity contribution in [1.29, 1.82) is 0 Å². The van der Waals surface area contributed by atoms with Crippen LogP contribution in [-0.4, -0.2) is 67.1 Å². The van der Waals surface area contributed by atoms with E-state index >= 15 is 0 Å². The van der Waals surface area contributed by atoms with Gasteiger partial charge in [0.15, 0.2) is 0 Å². The van der Waals surface area contributed by atoms with Gasteiger partial charge < -0.3 is 14.4 Å². The van der Waals surface area contributed by atoms with E-state index in [1.807, 2.05) is 16.1 Å². The molecule has 2 saturated heterocycles. The summed E-state index contributed by atoms with van der Waals surface area (Å²) >= 11 is 0. The van der Waals surface area contributed by atoms with Crippen LogP contribution in [0, 0.1) is 11.3 Å². The first kappa shape index (κ1) is 19.3. The summed E-state index contributed by atoms with van der Waals surface area (Å²) < 4.78 is 3.71. The Hall–Kier alpha value is -2.64. The fraction of sp³-hybridized carbons (Fsp3) is 0.636. The number of nitrogens with zero attached hydrogens (tertiary/aromatic N) is 6. The molecule has 1 spiro atoms. The lowest BCUT2D eigenvalue weighted by Crippen LogP contribution is -2.41. The molecular weight excluding hydrogens is 380 g/mol. The second-order valence-corrected chi connectivity index (χ2v) is 9.55. The van der Waals surface area contributed by atoms with Crippen molar-refractivity contribution in [2.45, 2.75) is 45.1 Å². The fourth-order valence-electron chi connectivity index (χ4n) is 5.06. The molecule has 0 radical (unpaired) electrons. The van der Waals surface area contributed by atoms with E-state index in [4.69, 9.17) is 0 Å². The van der Waals surface area contributed by atoms with Gasteiger partial charge >= 0.3 is 0 Å². The number of carbonyl (C=O) groups excluding carboxylic acids is 2. The predicted octanol–water partition coefficient (Wildman–Crippen LogP) is 2.07. The maximum atomic E-state index is 13.7. The van der Waals surface area contributed by atoms with Crippen molar-refractivity contribution >= 4 is 11.8 Å². The van der Waals surface area contributed by atoms with Crippen LogP contribution in [0.25, 0.3) is 0 Å². The quantitative estimate of drug-likeness (QED) is 0.756. The summed E-state index contributed by atoms with van der Waals surface area (Å²) in [6.45, 7) is 6.83. The van der Waals surface area contributed by atoms with Crippen LogP contribution in [0.4, 0.5) is 0 Å². The van der Waals surface area contributed by atoms with Gasteiger partial charge in [0.2, 0.25) is 5.91 Å². The summed E-state index contributed by atoms with van der Waals surface area (Å²) in [4.78, 5) is 35.4. The van der Waals surface area contributed by atoms with Crippen molar-refractivity contribution in [1.82, 2.24) is 29.1 Å². The number of amides is 2. The van der Waals surface area contributed by atoms with E-state index in [1.165, 1.54) is 12.8 Å². The highest BCUT2D eigenvalue weighted by Gasteiger charge is 2.59. The molecule has 1 saturated carbocycles. The molecule has 2 aliphatic heterocycles. The smallest absolute Gasteiger partial charge is 0.274 e. The van der Waals surface area contributed by atoms with Gasteiger partial charge in [-0.1, -0.05) is 0 Å². The molecule has 0 bridgehead atoms. The molecule has 0 unspecified atom stereocenters. The summed E-state index contributed by atoms with van der Waals surface area (Å²) in [6, 6.07) is 2.05. The van der Waals surface area contributed by atoms with E-state index in [1.54, 1.807) is 24.0 Å². The van der Waals surface area contributed by atoms with Crippen LogP contribution in [0.1, 0.15) is 61.3 Å². The lowest BCUT2D eigenvalue weighted by atomic mass is 9.75. The maximum absolute atomic E-state index is 13.7. The van der Waals surface area contributed by atoms with Crippen LogP contribution in [0.15, 0.2) is 24.8 Å². The third-order valence-electron chi connectivity index (χ3n) is 7.05. The summed E-state index contributed by atoms with van der Waals surface area (Å²) in [5, 5.41) is 4.29. The zero-order chi connectivity index (χ0) is 21.0. The fourth-order valence-corrected chi connectivity index (χ4v) is 5.06. The normalized spacial score (nSPS) is 26.5. The molecule has 8 nitrogen and oxygen atoms in total. The number of aryl methyl sites for hydroxylation is 1. The molecule has 30 heavy (non-hydrogen) atoms. The Labute approximate surface area is 176 Å². The van der Waals surface area contributed by atoms with Gasteiger partial charge in [-0.05, 0) is 45.1 Å². The predicted molar refractivity (Wildman–Crippen MR) is 111 cm³/mol. The first-order valence-electron chi connectivity index (χ1n) is 11.0. The van der Waals surface area contributed by atoms with Crippen LogP contribution in [0.3, 0.4) is 0 Å². The summed E-state index contributed by atoms with van der Waals surface area (Å²) in [6.07, 6.45) is 8.91.